The average Bonchev–Trinajstić information content (AvgIpc) is 2.66. The largest absolute Gasteiger partial charge is 0.364 e. The first-order valence-electron chi connectivity index (χ1n) is 4.14. The van der Waals surface area contributed by atoms with E-state index < -0.39 is 5.91 Å². The number of nitrogens with two attached hydrogens (primary N) is 1. The van der Waals surface area contributed by atoms with Crippen molar-refractivity contribution in [1.82, 2.24) is 9.97 Å². The maximum Gasteiger partial charge on any atom is 0.268 e. The van der Waals surface area contributed by atoms with Crippen molar-refractivity contribution < 1.29 is 4.79 Å². The highest BCUT2D eigenvalue weighted by Crippen LogP contribution is 2.30. The van der Waals surface area contributed by atoms with Crippen LogP contribution in [-0.2, 0) is 0 Å². The van der Waals surface area contributed by atoms with Crippen molar-refractivity contribution in [2.75, 3.05) is 0 Å². The van der Waals surface area contributed by atoms with Gasteiger partial charge in [-0.1, -0.05) is 11.6 Å². The van der Waals surface area contributed by atoms with Gasteiger partial charge in [-0.2, -0.15) is 0 Å². The number of carbonyl (C=O) groups excluding carboxylic acids is 1. The van der Waals surface area contributed by atoms with Crippen LogP contribution in [0.1, 0.15) is 10.5 Å². The van der Waals surface area contributed by atoms with Crippen molar-refractivity contribution in [3.05, 3.63) is 32.8 Å². The SMILES string of the molecule is NC(=O)c1csc(-c2ncc(Br)cc2Cl)n1. The van der Waals surface area contributed by atoms with Gasteiger partial charge in [0.1, 0.15) is 16.4 Å². The Hall–Kier alpha value is -0.980. The minimum atomic E-state index is -0.560. The molecule has 7 heteroatoms. The molecule has 0 bridgehead atoms. The molecule has 2 N–H and O–H groups in total. The van der Waals surface area contributed by atoms with Crippen molar-refractivity contribution in [3.8, 4) is 10.7 Å². The van der Waals surface area contributed by atoms with Crippen LogP contribution in [0, 0.1) is 0 Å². The first kappa shape index (κ1) is 11.5. The number of hydrogen-bond acceptors (Lipinski definition) is 4. The Morgan fingerprint density at radius 3 is 2.88 bits per heavy atom. The molecule has 0 aliphatic carbocycles. The molecular formula is C9H5BrClN3OS. The average molecular weight is 319 g/mol. The first-order chi connectivity index (χ1) is 7.58. The Labute approximate surface area is 109 Å². The molecule has 2 rings (SSSR count). The van der Waals surface area contributed by atoms with Crippen LogP contribution < -0.4 is 5.73 Å². The molecule has 2 aromatic rings. The fourth-order valence-corrected chi connectivity index (χ4v) is 2.66. The van der Waals surface area contributed by atoms with E-state index in [4.69, 9.17) is 17.3 Å². The lowest BCUT2D eigenvalue weighted by Gasteiger charge is -1.99. The number of rotatable bonds is 2. The number of amides is 1. The van der Waals surface area contributed by atoms with Gasteiger partial charge in [0.15, 0.2) is 0 Å². The van der Waals surface area contributed by atoms with Crippen molar-refractivity contribution in [2.24, 2.45) is 5.73 Å². The number of thiazole rings is 1. The van der Waals surface area contributed by atoms with Gasteiger partial charge in [0.05, 0.1) is 5.02 Å². The predicted molar refractivity (Wildman–Crippen MR) is 66.6 cm³/mol. The van der Waals surface area contributed by atoms with E-state index in [1.54, 1.807) is 17.6 Å². The fourth-order valence-electron chi connectivity index (χ4n) is 1.07. The van der Waals surface area contributed by atoms with Gasteiger partial charge in [0.25, 0.3) is 5.91 Å². The molecule has 2 heterocycles. The molecule has 0 aromatic carbocycles. The molecule has 1 amide bonds. The smallest absolute Gasteiger partial charge is 0.268 e. The molecular weight excluding hydrogens is 314 g/mol. The predicted octanol–water partition coefficient (Wildman–Crippen LogP) is 2.72. The third-order valence-electron chi connectivity index (χ3n) is 1.77. The second-order valence-electron chi connectivity index (χ2n) is 2.89. The maximum absolute atomic E-state index is 10.9. The first-order valence-corrected chi connectivity index (χ1v) is 6.19. The normalized spacial score (nSPS) is 10.4. The van der Waals surface area contributed by atoms with E-state index in [0.717, 1.165) is 4.47 Å². The molecule has 0 radical (unpaired) electrons. The number of halogens is 2. The van der Waals surface area contributed by atoms with E-state index in [1.165, 1.54) is 11.3 Å². The van der Waals surface area contributed by atoms with E-state index in [0.29, 0.717) is 15.7 Å². The minimum Gasteiger partial charge on any atom is -0.364 e. The van der Waals surface area contributed by atoms with Crippen LogP contribution in [0.15, 0.2) is 22.1 Å². The van der Waals surface area contributed by atoms with Crippen molar-refractivity contribution in [2.45, 2.75) is 0 Å². The van der Waals surface area contributed by atoms with Crippen molar-refractivity contribution in [1.29, 1.82) is 0 Å². The van der Waals surface area contributed by atoms with E-state index >= 15 is 0 Å². The van der Waals surface area contributed by atoms with Crippen LogP contribution in [0.5, 0.6) is 0 Å². The van der Waals surface area contributed by atoms with Crippen LogP contribution in [0.2, 0.25) is 5.02 Å². The summed E-state index contributed by atoms with van der Waals surface area (Å²) in [4.78, 5) is 19.1. The Bertz CT molecular complexity index is 557. The van der Waals surface area contributed by atoms with Crippen molar-refractivity contribution in [3.63, 3.8) is 0 Å². The zero-order chi connectivity index (χ0) is 11.7. The summed E-state index contributed by atoms with van der Waals surface area (Å²) >= 11 is 10.5. The maximum atomic E-state index is 10.9. The summed E-state index contributed by atoms with van der Waals surface area (Å²) in [7, 11) is 0. The Balaban J connectivity index is 2.46. The lowest BCUT2D eigenvalue weighted by molar-refractivity contribution is 0.0996. The van der Waals surface area contributed by atoms with Gasteiger partial charge in [-0.15, -0.1) is 11.3 Å². The van der Waals surface area contributed by atoms with E-state index in [1.807, 2.05) is 0 Å². The third-order valence-corrected chi connectivity index (χ3v) is 3.34. The second kappa shape index (κ2) is 4.48. The standard InChI is InChI=1S/C9H5BrClN3OS/c10-4-1-5(11)7(13-2-4)9-14-6(3-16-9)8(12)15/h1-3H,(H2,12,15). The zero-order valence-electron chi connectivity index (χ0n) is 7.78. The molecule has 0 aliphatic heterocycles. The number of nitrogens with zero attached hydrogens (tertiary/aromatic N) is 2. The Kier molecular flexibility index (Phi) is 3.22. The molecule has 2 aromatic heterocycles. The molecule has 0 saturated heterocycles. The van der Waals surface area contributed by atoms with Crippen LogP contribution in [0.3, 0.4) is 0 Å². The van der Waals surface area contributed by atoms with Crippen LogP contribution in [0.25, 0.3) is 10.7 Å². The molecule has 0 saturated carbocycles. The van der Waals surface area contributed by atoms with Crippen LogP contribution >= 0.6 is 38.9 Å². The number of carbonyl (C=O) groups is 1. The van der Waals surface area contributed by atoms with Crippen LogP contribution in [-0.4, -0.2) is 15.9 Å². The van der Waals surface area contributed by atoms with E-state index in [2.05, 4.69) is 25.9 Å². The van der Waals surface area contributed by atoms with Gasteiger partial charge in [-0.25, -0.2) is 4.98 Å². The molecule has 16 heavy (non-hydrogen) atoms. The number of pyridine rings is 1. The highest BCUT2D eigenvalue weighted by molar-refractivity contribution is 9.10. The molecule has 0 spiro atoms. The summed E-state index contributed by atoms with van der Waals surface area (Å²) in [5.41, 5.74) is 5.88. The van der Waals surface area contributed by atoms with E-state index in [-0.39, 0.29) is 5.69 Å². The van der Waals surface area contributed by atoms with Gasteiger partial charge in [0, 0.05) is 16.0 Å². The molecule has 0 fully saturated rings. The quantitative estimate of drug-likeness (QED) is 0.925. The van der Waals surface area contributed by atoms with Crippen molar-refractivity contribution >= 4 is 44.8 Å². The minimum absolute atomic E-state index is 0.223. The number of aromatic nitrogens is 2. The van der Waals surface area contributed by atoms with E-state index in [9.17, 15) is 4.79 Å². The van der Waals surface area contributed by atoms with Gasteiger partial charge in [0.2, 0.25) is 0 Å². The zero-order valence-corrected chi connectivity index (χ0v) is 10.9. The summed E-state index contributed by atoms with van der Waals surface area (Å²) in [5, 5.41) is 2.63. The monoisotopic (exact) mass is 317 g/mol. The molecule has 0 atom stereocenters. The molecule has 0 unspecified atom stereocenters. The van der Waals surface area contributed by atoms with Gasteiger partial charge in [-0.05, 0) is 22.0 Å². The highest BCUT2D eigenvalue weighted by Gasteiger charge is 2.12. The second-order valence-corrected chi connectivity index (χ2v) is 5.07. The Morgan fingerprint density at radius 1 is 1.56 bits per heavy atom. The molecule has 4 nitrogen and oxygen atoms in total. The summed E-state index contributed by atoms with van der Waals surface area (Å²) in [6, 6.07) is 1.72. The molecule has 0 aliphatic rings. The summed E-state index contributed by atoms with van der Waals surface area (Å²) in [6.07, 6.45) is 1.62. The lowest BCUT2D eigenvalue weighted by atomic mass is 10.3. The summed E-state index contributed by atoms with van der Waals surface area (Å²) in [6.45, 7) is 0. The Morgan fingerprint density at radius 2 is 2.31 bits per heavy atom. The van der Waals surface area contributed by atoms with Crippen LogP contribution in [0.4, 0.5) is 0 Å². The highest BCUT2D eigenvalue weighted by atomic mass is 79.9. The van der Waals surface area contributed by atoms with Gasteiger partial charge >= 0.3 is 0 Å². The third kappa shape index (κ3) is 2.23. The number of primary amides is 1. The van der Waals surface area contributed by atoms with Gasteiger partial charge < -0.3 is 5.73 Å². The fraction of sp³-hybridized carbons (Fsp3) is 0. The molecule has 82 valence electrons. The van der Waals surface area contributed by atoms with Gasteiger partial charge in [-0.3, -0.25) is 9.78 Å². The lowest BCUT2D eigenvalue weighted by Crippen LogP contribution is -2.11. The number of hydrogen-bond donors (Lipinski definition) is 1. The summed E-state index contributed by atoms with van der Waals surface area (Å²) < 4.78 is 0.785. The topological polar surface area (TPSA) is 68.9 Å². The summed E-state index contributed by atoms with van der Waals surface area (Å²) in [5.74, 6) is -0.560.